The summed E-state index contributed by atoms with van der Waals surface area (Å²) in [5, 5.41) is 0. The number of allylic oxidation sites excluding steroid dienone is 1. The molecule has 0 N–H and O–H groups in total. The largest absolute Gasteiger partial charge is 0.300 e. The zero-order chi connectivity index (χ0) is 19.1. The molecular weight excluding hydrogens is 331 g/mol. The van der Waals surface area contributed by atoms with Crippen molar-refractivity contribution in [1.82, 2.24) is 0 Å². The van der Waals surface area contributed by atoms with E-state index in [4.69, 9.17) is 0 Å². The quantitative estimate of drug-likeness (QED) is 0.703. The van der Waals surface area contributed by atoms with Crippen LogP contribution < -0.4 is 0 Å². The van der Waals surface area contributed by atoms with E-state index in [1.807, 2.05) is 20.8 Å². The van der Waals surface area contributed by atoms with Crippen molar-refractivity contribution >= 4 is 17.3 Å². The van der Waals surface area contributed by atoms with Crippen molar-refractivity contribution in [3.05, 3.63) is 11.6 Å². The minimum atomic E-state index is -1.90. The monoisotopic (exact) mass is 360 g/mol. The maximum absolute atomic E-state index is 16.8. The van der Waals surface area contributed by atoms with Crippen LogP contribution in [0.5, 0.6) is 0 Å². The average molecular weight is 360 g/mol. The Labute approximate surface area is 154 Å². The molecule has 0 bridgehead atoms. The molecule has 7 atom stereocenters. The first-order chi connectivity index (χ1) is 12.1. The molecule has 4 aliphatic rings. The summed E-state index contributed by atoms with van der Waals surface area (Å²) < 4.78 is 16.8. The Morgan fingerprint density at radius 2 is 1.85 bits per heavy atom. The number of alkyl halides is 1. The predicted molar refractivity (Wildman–Crippen MR) is 96.2 cm³/mol. The number of hydrogen-bond donors (Lipinski definition) is 0. The summed E-state index contributed by atoms with van der Waals surface area (Å²) in [5.41, 5.74) is -2.35. The molecule has 4 heteroatoms. The molecule has 0 heterocycles. The van der Waals surface area contributed by atoms with Crippen molar-refractivity contribution in [2.75, 3.05) is 0 Å². The summed E-state index contributed by atoms with van der Waals surface area (Å²) >= 11 is 0. The first-order valence-corrected chi connectivity index (χ1v) is 10.0. The molecule has 3 saturated carbocycles. The number of carbonyl (C=O) groups excluding carboxylic acids is 3. The second-order valence-electron chi connectivity index (χ2n) is 9.82. The first-order valence-electron chi connectivity index (χ1n) is 10.0. The zero-order valence-corrected chi connectivity index (χ0v) is 16.2. The van der Waals surface area contributed by atoms with Crippen LogP contribution in [0.1, 0.15) is 66.2 Å². The van der Waals surface area contributed by atoms with Gasteiger partial charge < -0.3 is 0 Å². The Bertz CT molecular complexity index is 740. The summed E-state index contributed by atoms with van der Waals surface area (Å²) in [7, 11) is 0. The number of Topliss-reactive ketones (excluding diaryl/α,β-unsaturated/α-hetero) is 2. The van der Waals surface area contributed by atoms with Crippen LogP contribution in [0.2, 0.25) is 0 Å². The van der Waals surface area contributed by atoms with Gasteiger partial charge in [-0.1, -0.05) is 26.3 Å². The SMILES string of the molecule is CC(=O)[C@H]1CC[C@H]2[C@@H]3CCC4=CC(=O)[C@H](C)C[C@]4(C)[C@@]3(F)C(=O)C[C@]12C. The number of rotatable bonds is 1. The van der Waals surface area contributed by atoms with Crippen molar-refractivity contribution in [2.24, 2.45) is 34.5 Å². The van der Waals surface area contributed by atoms with Gasteiger partial charge in [-0.25, -0.2) is 4.39 Å². The van der Waals surface area contributed by atoms with Crippen LogP contribution in [-0.2, 0) is 14.4 Å². The summed E-state index contributed by atoms with van der Waals surface area (Å²) in [6, 6.07) is 0. The first kappa shape index (κ1) is 18.1. The van der Waals surface area contributed by atoms with Gasteiger partial charge in [-0.3, -0.25) is 14.4 Å². The lowest BCUT2D eigenvalue weighted by molar-refractivity contribution is -0.175. The van der Waals surface area contributed by atoms with Crippen molar-refractivity contribution in [3.8, 4) is 0 Å². The fraction of sp³-hybridized carbons (Fsp3) is 0.773. The van der Waals surface area contributed by atoms with E-state index in [1.165, 1.54) is 0 Å². The van der Waals surface area contributed by atoms with Gasteiger partial charge in [-0.2, -0.15) is 0 Å². The zero-order valence-electron chi connectivity index (χ0n) is 16.2. The molecule has 26 heavy (non-hydrogen) atoms. The molecule has 0 spiro atoms. The second-order valence-corrected chi connectivity index (χ2v) is 9.82. The summed E-state index contributed by atoms with van der Waals surface area (Å²) in [6.07, 6.45) is 5.08. The fourth-order valence-electron chi connectivity index (χ4n) is 7.28. The molecule has 0 aromatic heterocycles. The lowest BCUT2D eigenvalue weighted by Crippen LogP contribution is -2.66. The second kappa shape index (κ2) is 5.36. The van der Waals surface area contributed by atoms with Gasteiger partial charge in [0.2, 0.25) is 0 Å². The van der Waals surface area contributed by atoms with Gasteiger partial charge in [0.1, 0.15) is 5.78 Å². The number of carbonyl (C=O) groups is 3. The number of fused-ring (bicyclic) bond motifs is 5. The minimum absolute atomic E-state index is 0.0603. The third-order valence-electron chi connectivity index (χ3n) is 8.60. The molecule has 0 saturated heterocycles. The highest BCUT2D eigenvalue weighted by Crippen LogP contribution is 2.68. The van der Waals surface area contributed by atoms with Crippen LogP contribution in [0.15, 0.2) is 11.6 Å². The summed E-state index contributed by atoms with van der Waals surface area (Å²) in [4.78, 5) is 37.7. The summed E-state index contributed by atoms with van der Waals surface area (Å²) in [6.45, 7) is 7.35. The Morgan fingerprint density at radius 1 is 1.15 bits per heavy atom. The summed E-state index contributed by atoms with van der Waals surface area (Å²) in [5.74, 6) is -0.767. The standard InChI is InChI=1S/C22H29FO3/c1-12-10-21(4)14(9-18(12)25)5-6-17-16-8-7-15(13(2)24)20(16,3)11-19(26)22(17,21)23/h9,12,15-17H,5-8,10-11H2,1-4H3/t12-,15-,16+,17+,20-,21+,22+/m1/s1. The maximum atomic E-state index is 16.8. The highest BCUT2D eigenvalue weighted by atomic mass is 19.1. The van der Waals surface area contributed by atoms with E-state index in [1.54, 1.807) is 13.0 Å². The van der Waals surface area contributed by atoms with Gasteiger partial charge in [-0.05, 0) is 56.4 Å². The van der Waals surface area contributed by atoms with Crippen molar-refractivity contribution in [1.29, 1.82) is 0 Å². The van der Waals surface area contributed by atoms with Gasteiger partial charge >= 0.3 is 0 Å². The average Bonchev–Trinajstić information content (AvgIpc) is 2.88. The molecule has 4 rings (SSSR count). The van der Waals surface area contributed by atoms with Crippen LogP contribution in [0.4, 0.5) is 4.39 Å². The molecule has 0 aromatic rings. The van der Waals surface area contributed by atoms with Gasteiger partial charge in [0.25, 0.3) is 0 Å². The van der Waals surface area contributed by atoms with E-state index in [0.717, 1.165) is 18.4 Å². The van der Waals surface area contributed by atoms with Crippen molar-refractivity contribution in [3.63, 3.8) is 0 Å². The molecule has 3 fully saturated rings. The van der Waals surface area contributed by atoms with Crippen LogP contribution in [0.25, 0.3) is 0 Å². The molecule has 0 aliphatic heterocycles. The lowest BCUT2D eigenvalue weighted by Gasteiger charge is -2.60. The molecule has 0 amide bonds. The normalized spacial score (nSPS) is 50.6. The molecule has 4 aliphatic carbocycles. The van der Waals surface area contributed by atoms with E-state index in [9.17, 15) is 14.4 Å². The topological polar surface area (TPSA) is 51.2 Å². The third-order valence-corrected chi connectivity index (χ3v) is 8.60. The van der Waals surface area contributed by atoms with Crippen molar-refractivity contribution < 1.29 is 18.8 Å². The molecule has 0 radical (unpaired) electrons. The van der Waals surface area contributed by atoms with E-state index < -0.39 is 16.5 Å². The predicted octanol–water partition coefficient (Wildman–Crippen LogP) is 4.24. The van der Waals surface area contributed by atoms with E-state index in [2.05, 4.69) is 0 Å². The highest BCUT2D eigenvalue weighted by molar-refractivity contribution is 5.96. The number of ketones is 3. The smallest absolute Gasteiger partial charge is 0.180 e. The van der Waals surface area contributed by atoms with E-state index >= 15 is 4.39 Å². The van der Waals surface area contributed by atoms with Gasteiger partial charge in [0, 0.05) is 29.6 Å². The number of halogens is 1. The Balaban J connectivity index is 1.81. The Kier molecular flexibility index (Phi) is 3.72. The Morgan fingerprint density at radius 3 is 2.50 bits per heavy atom. The van der Waals surface area contributed by atoms with Crippen LogP contribution in [-0.4, -0.2) is 23.0 Å². The van der Waals surface area contributed by atoms with Gasteiger partial charge in [-0.15, -0.1) is 0 Å². The molecular formula is C22H29FO3. The fourth-order valence-corrected chi connectivity index (χ4v) is 7.28. The van der Waals surface area contributed by atoms with E-state index in [0.29, 0.717) is 19.3 Å². The lowest BCUT2D eigenvalue weighted by atomic mass is 9.44. The minimum Gasteiger partial charge on any atom is -0.300 e. The molecule has 142 valence electrons. The third kappa shape index (κ3) is 1.96. The number of hydrogen-bond acceptors (Lipinski definition) is 3. The van der Waals surface area contributed by atoms with Crippen LogP contribution in [0, 0.1) is 34.5 Å². The van der Waals surface area contributed by atoms with Gasteiger partial charge in [0.05, 0.1) is 0 Å². The molecule has 3 nitrogen and oxygen atoms in total. The molecule has 0 unspecified atom stereocenters. The van der Waals surface area contributed by atoms with Crippen LogP contribution in [0.3, 0.4) is 0 Å². The van der Waals surface area contributed by atoms with Crippen LogP contribution >= 0.6 is 0 Å². The van der Waals surface area contributed by atoms with Crippen molar-refractivity contribution in [2.45, 2.75) is 71.9 Å². The van der Waals surface area contributed by atoms with E-state index in [-0.39, 0.29) is 47.4 Å². The Hall–Kier alpha value is -1.32. The highest BCUT2D eigenvalue weighted by Gasteiger charge is 2.71. The van der Waals surface area contributed by atoms with Gasteiger partial charge in [0.15, 0.2) is 17.2 Å². The molecule has 0 aromatic carbocycles. The maximum Gasteiger partial charge on any atom is 0.180 e.